The number of halogens is 5. The number of nitrogen functional groups attached to an aromatic ring is 1. The molecule has 1 saturated heterocycles. The van der Waals surface area contributed by atoms with Gasteiger partial charge in [0.1, 0.15) is 28.2 Å². The molecule has 3 aromatic rings. The lowest BCUT2D eigenvalue weighted by Crippen LogP contribution is -2.33. The fourth-order valence-electron chi connectivity index (χ4n) is 5.26. The third kappa shape index (κ3) is 5.05. The van der Waals surface area contributed by atoms with Crippen molar-refractivity contribution in [2.75, 3.05) is 48.7 Å². The standard InChI is InChI=1S/C26H30F5N7O2/c1-12-5-6-33-7-8-34-23-17-22(36-25(37-23)38-9-3-4-14(38)11-39)20(28)21(35-24(17)40-12)15-10-16(32)19(27)13(2)18(15)26(29,30)31/h10,12,14,33,39H,3-9,11,32H2,1-2H3,(H,34,36,37). The van der Waals surface area contributed by atoms with E-state index in [2.05, 4.69) is 25.6 Å². The van der Waals surface area contributed by atoms with Crippen LogP contribution in [0.4, 0.5) is 39.4 Å². The lowest BCUT2D eigenvalue weighted by Gasteiger charge is -2.25. The molecule has 2 aliphatic rings. The van der Waals surface area contributed by atoms with Crippen LogP contribution in [0, 0.1) is 18.6 Å². The highest BCUT2D eigenvalue weighted by Crippen LogP contribution is 2.45. The fraction of sp³-hybridized carbons (Fsp3) is 0.500. The van der Waals surface area contributed by atoms with Crippen LogP contribution in [-0.4, -0.2) is 65.0 Å². The summed E-state index contributed by atoms with van der Waals surface area (Å²) in [7, 11) is 0. The summed E-state index contributed by atoms with van der Waals surface area (Å²) >= 11 is 0. The van der Waals surface area contributed by atoms with Crippen molar-refractivity contribution in [3.8, 4) is 17.1 Å². The van der Waals surface area contributed by atoms with Gasteiger partial charge in [0.2, 0.25) is 11.8 Å². The molecule has 1 aromatic carbocycles. The van der Waals surface area contributed by atoms with Crippen molar-refractivity contribution in [3.05, 3.63) is 28.8 Å². The first-order valence-corrected chi connectivity index (χ1v) is 13.1. The highest BCUT2D eigenvalue weighted by atomic mass is 19.4. The van der Waals surface area contributed by atoms with Gasteiger partial charge in [0.15, 0.2) is 5.82 Å². The predicted molar refractivity (Wildman–Crippen MR) is 140 cm³/mol. The Bertz CT molecular complexity index is 1440. The van der Waals surface area contributed by atoms with Crippen LogP contribution in [0.15, 0.2) is 6.07 Å². The highest BCUT2D eigenvalue weighted by molar-refractivity contribution is 5.97. The number of nitrogens with zero attached hydrogens (tertiary/aromatic N) is 4. The zero-order valence-corrected chi connectivity index (χ0v) is 22.0. The SMILES string of the molecule is Cc1c(F)c(N)cc(-c2nc3c4c(nc(N5CCCC5CO)nc4c2F)NCCNCCC(C)O3)c1C(F)(F)F. The molecule has 2 aliphatic heterocycles. The van der Waals surface area contributed by atoms with Crippen LogP contribution in [0.25, 0.3) is 22.2 Å². The number of alkyl halides is 3. The van der Waals surface area contributed by atoms with Crippen LogP contribution >= 0.6 is 0 Å². The number of benzene rings is 1. The van der Waals surface area contributed by atoms with Gasteiger partial charge < -0.3 is 31.1 Å². The Labute approximate surface area is 226 Å². The molecule has 0 aliphatic carbocycles. The number of anilines is 3. The monoisotopic (exact) mass is 567 g/mol. The molecule has 2 unspecified atom stereocenters. The van der Waals surface area contributed by atoms with E-state index >= 15 is 4.39 Å². The van der Waals surface area contributed by atoms with Gasteiger partial charge in [-0.2, -0.15) is 18.2 Å². The molecule has 0 radical (unpaired) electrons. The van der Waals surface area contributed by atoms with Crippen LogP contribution in [0.2, 0.25) is 0 Å². The summed E-state index contributed by atoms with van der Waals surface area (Å²) in [4.78, 5) is 15.0. The van der Waals surface area contributed by atoms with Crippen LogP contribution < -0.4 is 26.0 Å². The molecule has 40 heavy (non-hydrogen) atoms. The normalized spacial score (nSPS) is 20.2. The smallest absolute Gasteiger partial charge is 0.417 e. The molecule has 216 valence electrons. The van der Waals surface area contributed by atoms with Gasteiger partial charge in [0, 0.05) is 25.2 Å². The predicted octanol–water partition coefficient (Wildman–Crippen LogP) is 4.01. The first-order valence-electron chi connectivity index (χ1n) is 13.1. The minimum atomic E-state index is -5.04. The number of pyridine rings is 1. The van der Waals surface area contributed by atoms with E-state index in [1.54, 1.807) is 11.8 Å². The Balaban J connectivity index is 1.84. The second kappa shape index (κ2) is 10.8. The third-order valence-corrected chi connectivity index (χ3v) is 7.29. The first kappa shape index (κ1) is 28.0. The van der Waals surface area contributed by atoms with E-state index < -0.39 is 52.0 Å². The summed E-state index contributed by atoms with van der Waals surface area (Å²) in [6.07, 6.45) is -3.54. The number of hydrogen-bond acceptors (Lipinski definition) is 9. The minimum Gasteiger partial charge on any atom is -0.474 e. The summed E-state index contributed by atoms with van der Waals surface area (Å²) in [6, 6.07) is 0.433. The summed E-state index contributed by atoms with van der Waals surface area (Å²) in [5.41, 5.74) is 1.20. The second-order valence-corrected chi connectivity index (χ2v) is 10.1. The molecule has 4 heterocycles. The van der Waals surface area contributed by atoms with Gasteiger partial charge in [0.25, 0.3) is 0 Å². The Morgan fingerprint density at radius 1 is 1.12 bits per heavy atom. The number of rotatable bonds is 3. The van der Waals surface area contributed by atoms with E-state index in [1.165, 1.54) is 0 Å². The van der Waals surface area contributed by atoms with E-state index in [1.807, 2.05) is 0 Å². The van der Waals surface area contributed by atoms with E-state index in [9.17, 15) is 22.7 Å². The maximum Gasteiger partial charge on any atom is 0.417 e. The Morgan fingerprint density at radius 2 is 1.90 bits per heavy atom. The van der Waals surface area contributed by atoms with E-state index in [4.69, 9.17) is 10.5 Å². The average Bonchev–Trinajstić information content (AvgIpc) is 3.37. The molecule has 1 fully saturated rings. The van der Waals surface area contributed by atoms with Crippen molar-refractivity contribution in [1.29, 1.82) is 0 Å². The molecule has 5 rings (SSSR count). The van der Waals surface area contributed by atoms with Gasteiger partial charge in [0.05, 0.1) is 30.0 Å². The van der Waals surface area contributed by atoms with E-state index in [-0.39, 0.29) is 41.2 Å². The zero-order valence-electron chi connectivity index (χ0n) is 22.0. The summed E-state index contributed by atoms with van der Waals surface area (Å²) < 4.78 is 79.7. The lowest BCUT2D eigenvalue weighted by atomic mass is 9.96. The maximum atomic E-state index is 16.4. The summed E-state index contributed by atoms with van der Waals surface area (Å²) in [6.45, 7) is 4.57. The number of ether oxygens (including phenoxy) is 1. The number of aliphatic hydroxyl groups excluding tert-OH is 1. The molecule has 0 saturated carbocycles. The fourth-order valence-corrected chi connectivity index (χ4v) is 5.26. The molecule has 0 spiro atoms. The number of nitrogens with two attached hydrogens (primary N) is 1. The van der Waals surface area contributed by atoms with Crippen molar-refractivity contribution in [1.82, 2.24) is 20.3 Å². The van der Waals surface area contributed by atoms with Gasteiger partial charge in [-0.15, -0.1) is 0 Å². The largest absolute Gasteiger partial charge is 0.474 e. The molecule has 14 heteroatoms. The van der Waals surface area contributed by atoms with E-state index in [0.29, 0.717) is 39.0 Å². The van der Waals surface area contributed by atoms with Crippen molar-refractivity contribution in [2.24, 2.45) is 0 Å². The molecular formula is C26H30F5N7O2. The van der Waals surface area contributed by atoms with Crippen molar-refractivity contribution >= 4 is 28.4 Å². The third-order valence-electron chi connectivity index (χ3n) is 7.29. The van der Waals surface area contributed by atoms with Crippen LogP contribution in [-0.2, 0) is 6.18 Å². The molecule has 0 amide bonds. The molecule has 9 nitrogen and oxygen atoms in total. The average molecular weight is 568 g/mol. The molecule has 0 bridgehead atoms. The van der Waals surface area contributed by atoms with Crippen molar-refractivity contribution in [2.45, 2.75) is 51.4 Å². The van der Waals surface area contributed by atoms with Crippen LogP contribution in [0.5, 0.6) is 5.88 Å². The van der Waals surface area contributed by atoms with Gasteiger partial charge in [-0.05, 0) is 51.3 Å². The lowest BCUT2D eigenvalue weighted by molar-refractivity contribution is -0.137. The molecule has 5 N–H and O–H groups in total. The first-order chi connectivity index (χ1) is 19.0. The second-order valence-electron chi connectivity index (χ2n) is 10.1. The van der Waals surface area contributed by atoms with E-state index in [0.717, 1.165) is 19.4 Å². The quantitative estimate of drug-likeness (QED) is 0.275. The maximum absolute atomic E-state index is 16.4. The van der Waals surface area contributed by atoms with Gasteiger partial charge >= 0.3 is 6.18 Å². The van der Waals surface area contributed by atoms with Gasteiger partial charge in [-0.1, -0.05) is 0 Å². The van der Waals surface area contributed by atoms with Crippen LogP contribution in [0.1, 0.15) is 37.3 Å². The number of aromatic nitrogens is 3. The Kier molecular flexibility index (Phi) is 7.57. The summed E-state index contributed by atoms with van der Waals surface area (Å²) in [5.74, 6) is -2.27. The highest BCUT2D eigenvalue weighted by Gasteiger charge is 2.39. The number of aliphatic hydroxyl groups is 1. The number of hydrogen-bond donors (Lipinski definition) is 4. The zero-order chi connectivity index (χ0) is 28.8. The topological polar surface area (TPSA) is 121 Å². The molecule has 2 aromatic heterocycles. The Hall–Kier alpha value is -3.52. The van der Waals surface area contributed by atoms with Crippen LogP contribution in [0.3, 0.4) is 0 Å². The van der Waals surface area contributed by atoms with Crippen molar-refractivity contribution < 1.29 is 31.8 Å². The minimum absolute atomic E-state index is 0.0684. The summed E-state index contributed by atoms with van der Waals surface area (Å²) in [5, 5.41) is 16.3. The number of nitrogens with one attached hydrogen (secondary N) is 2. The molecular weight excluding hydrogens is 537 g/mol. The van der Waals surface area contributed by atoms with Gasteiger partial charge in [-0.3, -0.25) is 0 Å². The van der Waals surface area contributed by atoms with Gasteiger partial charge in [-0.25, -0.2) is 18.7 Å². The van der Waals surface area contributed by atoms with Crippen molar-refractivity contribution in [3.63, 3.8) is 0 Å². The molecule has 2 atom stereocenters. The Morgan fingerprint density at radius 3 is 2.62 bits per heavy atom.